The van der Waals surface area contributed by atoms with Gasteiger partial charge >= 0.3 is 6.18 Å². The maximum Gasteiger partial charge on any atom is 0.420 e. The van der Waals surface area contributed by atoms with Crippen LogP contribution in [-0.2, 0) is 6.18 Å². The normalized spacial score (nSPS) is 11.2. The van der Waals surface area contributed by atoms with E-state index in [9.17, 15) is 23.1 Å². The van der Waals surface area contributed by atoms with Crippen molar-refractivity contribution in [2.45, 2.75) is 6.18 Å². The molecule has 0 bridgehead atoms. The van der Waals surface area contributed by atoms with Crippen molar-refractivity contribution in [3.8, 4) is 5.75 Å². The SMILES string of the molecule is O=C(Nc1cccc(C(F)(F)F)c1O)c1cccc(Br)c1. The third kappa shape index (κ3) is 3.55. The molecule has 0 aliphatic rings. The highest BCUT2D eigenvalue weighted by molar-refractivity contribution is 9.10. The van der Waals surface area contributed by atoms with E-state index in [0.29, 0.717) is 4.47 Å². The molecule has 2 N–H and O–H groups in total. The molecular formula is C14H9BrF3NO2. The lowest BCUT2D eigenvalue weighted by molar-refractivity contribution is -0.138. The number of benzene rings is 2. The molecule has 110 valence electrons. The molecule has 0 spiro atoms. The molecule has 2 aromatic carbocycles. The molecule has 0 fully saturated rings. The molecule has 1 amide bonds. The molecule has 0 heterocycles. The lowest BCUT2D eigenvalue weighted by Crippen LogP contribution is -2.13. The maximum atomic E-state index is 12.7. The Labute approximate surface area is 126 Å². The molecule has 0 radical (unpaired) electrons. The van der Waals surface area contributed by atoms with Crippen molar-refractivity contribution in [1.29, 1.82) is 0 Å². The Hall–Kier alpha value is -2.02. The van der Waals surface area contributed by atoms with Gasteiger partial charge in [-0.1, -0.05) is 28.1 Å². The second-order valence-corrected chi connectivity index (χ2v) is 5.08. The molecule has 21 heavy (non-hydrogen) atoms. The van der Waals surface area contributed by atoms with Crippen molar-refractivity contribution in [3.63, 3.8) is 0 Å². The third-order valence-corrected chi connectivity index (χ3v) is 3.17. The fraction of sp³-hybridized carbons (Fsp3) is 0.0714. The van der Waals surface area contributed by atoms with Crippen molar-refractivity contribution in [2.75, 3.05) is 5.32 Å². The Morgan fingerprint density at radius 3 is 2.43 bits per heavy atom. The van der Waals surface area contributed by atoms with Gasteiger partial charge in [-0.25, -0.2) is 0 Å². The average Bonchev–Trinajstić information content (AvgIpc) is 2.39. The first-order chi connectivity index (χ1) is 9.79. The number of carbonyl (C=O) groups excluding carboxylic acids is 1. The minimum absolute atomic E-state index is 0.251. The smallest absolute Gasteiger partial charge is 0.420 e. The summed E-state index contributed by atoms with van der Waals surface area (Å²) in [4.78, 5) is 12.0. The summed E-state index contributed by atoms with van der Waals surface area (Å²) in [5.41, 5.74) is -1.24. The van der Waals surface area contributed by atoms with Gasteiger partial charge in [-0.3, -0.25) is 4.79 Å². The first kappa shape index (κ1) is 15.4. The fourth-order valence-corrected chi connectivity index (χ4v) is 2.10. The van der Waals surface area contributed by atoms with Crippen LogP contribution in [0.15, 0.2) is 46.9 Å². The Morgan fingerprint density at radius 2 is 1.81 bits per heavy atom. The quantitative estimate of drug-likeness (QED) is 0.779. The lowest BCUT2D eigenvalue weighted by Gasteiger charge is -2.13. The van der Waals surface area contributed by atoms with Gasteiger partial charge in [0, 0.05) is 10.0 Å². The summed E-state index contributed by atoms with van der Waals surface area (Å²) >= 11 is 3.19. The summed E-state index contributed by atoms with van der Waals surface area (Å²) in [6.07, 6.45) is -4.69. The van der Waals surface area contributed by atoms with Crippen LogP contribution in [-0.4, -0.2) is 11.0 Å². The zero-order chi connectivity index (χ0) is 15.6. The Bertz CT molecular complexity index is 686. The Kier molecular flexibility index (Phi) is 4.22. The van der Waals surface area contributed by atoms with Gasteiger partial charge in [-0.05, 0) is 30.3 Å². The van der Waals surface area contributed by atoms with Gasteiger partial charge < -0.3 is 10.4 Å². The maximum absolute atomic E-state index is 12.7. The van der Waals surface area contributed by atoms with Crippen LogP contribution >= 0.6 is 15.9 Å². The molecule has 0 aromatic heterocycles. The average molecular weight is 360 g/mol. The van der Waals surface area contributed by atoms with Crippen LogP contribution in [0.1, 0.15) is 15.9 Å². The third-order valence-electron chi connectivity index (χ3n) is 2.68. The second-order valence-electron chi connectivity index (χ2n) is 4.16. The van der Waals surface area contributed by atoms with Gasteiger partial charge in [0.2, 0.25) is 0 Å². The zero-order valence-corrected chi connectivity index (χ0v) is 12.0. The highest BCUT2D eigenvalue weighted by Gasteiger charge is 2.34. The molecule has 0 aliphatic carbocycles. The number of rotatable bonds is 2. The molecular weight excluding hydrogens is 351 g/mol. The van der Waals surface area contributed by atoms with Gasteiger partial charge in [-0.15, -0.1) is 0 Å². The molecule has 3 nitrogen and oxygen atoms in total. The number of phenolic OH excluding ortho intramolecular Hbond substituents is 1. The molecule has 0 saturated heterocycles. The number of alkyl halides is 3. The van der Waals surface area contributed by atoms with E-state index in [0.717, 1.165) is 12.1 Å². The zero-order valence-electron chi connectivity index (χ0n) is 10.4. The number of nitrogens with one attached hydrogen (secondary N) is 1. The summed E-state index contributed by atoms with van der Waals surface area (Å²) in [6, 6.07) is 9.39. The molecule has 2 rings (SSSR count). The van der Waals surface area contributed by atoms with E-state index in [4.69, 9.17) is 0 Å². The van der Waals surface area contributed by atoms with E-state index in [-0.39, 0.29) is 11.3 Å². The summed E-state index contributed by atoms with van der Waals surface area (Å²) in [5, 5.41) is 11.9. The van der Waals surface area contributed by atoms with E-state index in [2.05, 4.69) is 21.2 Å². The number of amides is 1. The van der Waals surface area contributed by atoms with Gasteiger partial charge in [0.25, 0.3) is 5.91 Å². The molecule has 7 heteroatoms. The topological polar surface area (TPSA) is 49.3 Å². The van der Waals surface area contributed by atoms with Crippen molar-refractivity contribution in [3.05, 3.63) is 58.1 Å². The van der Waals surface area contributed by atoms with Crippen molar-refractivity contribution >= 4 is 27.5 Å². The molecule has 0 aliphatic heterocycles. The highest BCUT2D eigenvalue weighted by Crippen LogP contribution is 2.39. The summed E-state index contributed by atoms with van der Waals surface area (Å²) < 4.78 is 38.6. The molecule has 2 aromatic rings. The van der Waals surface area contributed by atoms with Crippen molar-refractivity contribution < 1.29 is 23.1 Å². The fourth-order valence-electron chi connectivity index (χ4n) is 1.70. The van der Waals surface area contributed by atoms with E-state index >= 15 is 0 Å². The van der Waals surface area contributed by atoms with Crippen molar-refractivity contribution in [2.24, 2.45) is 0 Å². The van der Waals surface area contributed by atoms with Gasteiger partial charge in [-0.2, -0.15) is 13.2 Å². The van der Waals surface area contributed by atoms with E-state index in [1.807, 2.05) is 0 Å². The van der Waals surface area contributed by atoms with E-state index in [1.54, 1.807) is 12.1 Å². The lowest BCUT2D eigenvalue weighted by atomic mass is 10.1. The van der Waals surface area contributed by atoms with Crippen LogP contribution in [0.3, 0.4) is 0 Å². The number of hydrogen-bond acceptors (Lipinski definition) is 2. The summed E-state index contributed by atoms with van der Waals surface area (Å²) in [5.74, 6) is -1.63. The number of para-hydroxylation sites is 1. The van der Waals surface area contributed by atoms with Gasteiger partial charge in [0.1, 0.15) is 0 Å². The minimum atomic E-state index is -4.69. The Balaban J connectivity index is 2.30. The highest BCUT2D eigenvalue weighted by atomic mass is 79.9. The predicted octanol–water partition coefficient (Wildman–Crippen LogP) is 4.43. The van der Waals surface area contributed by atoms with E-state index < -0.39 is 23.4 Å². The monoisotopic (exact) mass is 359 g/mol. The van der Waals surface area contributed by atoms with Gasteiger partial charge in [0.15, 0.2) is 5.75 Å². The summed E-state index contributed by atoms with van der Waals surface area (Å²) in [6.45, 7) is 0. The standard InChI is InChI=1S/C14H9BrF3NO2/c15-9-4-1-3-8(7-9)13(21)19-11-6-2-5-10(12(11)20)14(16,17)18/h1-7,20H,(H,19,21). The van der Waals surface area contributed by atoms with Gasteiger partial charge in [0.05, 0.1) is 11.3 Å². The van der Waals surface area contributed by atoms with Crippen LogP contribution in [0, 0.1) is 0 Å². The number of aromatic hydroxyl groups is 1. The van der Waals surface area contributed by atoms with Crippen LogP contribution < -0.4 is 5.32 Å². The number of anilines is 1. The number of hydrogen-bond donors (Lipinski definition) is 2. The van der Waals surface area contributed by atoms with E-state index in [1.165, 1.54) is 18.2 Å². The molecule has 0 saturated carbocycles. The van der Waals surface area contributed by atoms with Crippen LogP contribution in [0.25, 0.3) is 0 Å². The van der Waals surface area contributed by atoms with Crippen LogP contribution in [0.4, 0.5) is 18.9 Å². The number of carbonyl (C=O) groups is 1. The number of phenols is 1. The van der Waals surface area contributed by atoms with Crippen LogP contribution in [0.5, 0.6) is 5.75 Å². The minimum Gasteiger partial charge on any atom is -0.505 e. The van der Waals surface area contributed by atoms with Crippen LogP contribution in [0.2, 0.25) is 0 Å². The Morgan fingerprint density at radius 1 is 1.14 bits per heavy atom. The number of halogens is 4. The second kappa shape index (κ2) is 5.77. The largest absolute Gasteiger partial charge is 0.505 e. The summed E-state index contributed by atoms with van der Waals surface area (Å²) in [7, 11) is 0. The first-order valence-corrected chi connectivity index (χ1v) is 6.54. The molecule has 0 unspecified atom stereocenters. The first-order valence-electron chi connectivity index (χ1n) is 5.75. The molecule has 0 atom stereocenters. The van der Waals surface area contributed by atoms with Crippen molar-refractivity contribution in [1.82, 2.24) is 0 Å². The predicted molar refractivity (Wildman–Crippen MR) is 75.2 cm³/mol.